The molecule has 0 amide bonds. The summed E-state index contributed by atoms with van der Waals surface area (Å²) in [6.07, 6.45) is 2.97. The Labute approximate surface area is 191 Å². The Balaban J connectivity index is 1.94. The van der Waals surface area contributed by atoms with Crippen molar-refractivity contribution < 1.29 is 0 Å². The smallest absolute Gasteiger partial charge is 0.297 e. The van der Waals surface area contributed by atoms with Gasteiger partial charge in [-0.3, -0.25) is 27.9 Å². The number of unbranched alkanes of at least 4 members (excludes halogenated alkanes) is 3. The van der Waals surface area contributed by atoms with Gasteiger partial charge in [-0.2, -0.15) is 0 Å². The molecular weight excluding hydrogens is 520 g/mol. The fourth-order valence-electron chi connectivity index (χ4n) is 3.47. The maximum absolute atomic E-state index is 12.5. The van der Waals surface area contributed by atoms with E-state index in [1.807, 2.05) is 0 Å². The van der Waals surface area contributed by atoms with Crippen LogP contribution in [0.3, 0.4) is 0 Å². The van der Waals surface area contributed by atoms with Gasteiger partial charge >= 0.3 is 11.4 Å². The second-order valence-electron chi connectivity index (χ2n) is 7.21. The maximum Gasteiger partial charge on any atom is 0.331 e. The van der Waals surface area contributed by atoms with Gasteiger partial charge in [0.15, 0.2) is 0 Å². The van der Waals surface area contributed by atoms with Crippen LogP contribution >= 0.6 is 31.9 Å². The number of alkyl halides is 2. The van der Waals surface area contributed by atoms with Crippen molar-refractivity contribution in [1.82, 2.24) is 18.3 Å². The minimum atomic E-state index is -0.280. The molecule has 2 aromatic rings. The molecule has 2 heterocycles. The van der Waals surface area contributed by atoms with E-state index in [0.717, 1.165) is 12.8 Å². The predicted molar refractivity (Wildman–Crippen MR) is 125 cm³/mol. The highest BCUT2D eigenvalue weighted by Crippen LogP contribution is 2.03. The van der Waals surface area contributed by atoms with Crippen LogP contribution in [-0.4, -0.2) is 28.9 Å². The third kappa shape index (κ3) is 5.94. The molecule has 0 saturated heterocycles. The quantitative estimate of drug-likeness (QED) is 0.318. The van der Waals surface area contributed by atoms with Crippen LogP contribution in [0.25, 0.3) is 0 Å². The van der Waals surface area contributed by atoms with Crippen LogP contribution < -0.4 is 22.5 Å². The average Bonchev–Trinajstić information content (AvgIpc) is 2.69. The van der Waals surface area contributed by atoms with Gasteiger partial charge in [0.05, 0.1) is 0 Å². The van der Waals surface area contributed by atoms with Crippen molar-refractivity contribution in [3.05, 3.63) is 65.2 Å². The van der Waals surface area contributed by atoms with E-state index in [2.05, 4.69) is 31.9 Å². The molecule has 0 aliphatic heterocycles. The van der Waals surface area contributed by atoms with E-state index in [1.165, 1.54) is 21.3 Å². The van der Waals surface area contributed by atoms with Gasteiger partial charge in [0.1, 0.15) is 0 Å². The second-order valence-corrected chi connectivity index (χ2v) is 8.80. The summed E-state index contributed by atoms with van der Waals surface area (Å²) in [7, 11) is 0. The lowest BCUT2D eigenvalue weighted by Crippen LogP contribution is -2.41. The molecular formula is C20H28Br2N4O4. The lowest BCUT2D eigenvalue weighted by atomic mass is 10.2. The van der Waals surface area contributed by atoms with Crippen LogP contribution in [0.5, 0.6) is 0 Å². The third-order valence-corrected chi connectivity index (χ3v) is 5.81. The number of rotatable bonds is 11. The minimum Gasteiger partial charge on any atom is -0.297 e. The fourth-order valence-corrected chi connectivity index (χ4v) is 4.18. The van der Waals surface area contributed by atoms with Crippen molar-refractivity contribution in [2.75, 3.05) is 10.7 Å². The molecule has 0 saturated carbocycles. The summed E-state index contributed by atoms with van der Waals surface area (Å²) >= 11 is 6.65. The highest BCUT2D eigenvalue weighted by molar-refractivity contribution is 9.09. The van der Waals surface area contributed by atoms with Crippen molar-refractivity contribution in [2.24, 2.45) is 0 Å². The van der Waals surface area contributed by atoms with Gasteiger partial charge in [-0.05, 0) is 26.7 Å². The lowest BCUT2D eigenvalue weighted by molar-refractivity contribution is 0.486. The van der Waals surface area contributed by atoms with Crippen LogP contribution in [-0.2, 0) is 26.2 Å². The summed E-state index contributed by atoms with van der Waals surface area (Å²) in [6.45, 7) is 5.28. The molecule has 0 bridgehead atoms. The summed E-state index contributed by atoms with van der Waals surface area (Å²) < 4.78 is 5.74. The molecule has 0 atom stereocenters. The molecule has 0 N–H and O–H groups in total. The van der Waals surface area contributed by atoms with Crippen LogP contribution in [0.4, 0.5) is 0 Å². The zero-order chi connectivity index (χ0) is 22.3. The van der Waals surface area contributed by atoms with Gasteiger partial charge in [-0.25, -0.2) is 9.59 Å². The van der Waals surface area contributed by atoms with Crippen LogP contribution in [0.2, 0.25) is 0 Å². The van der Waals surface area contributed by atoms with Crippen molar-refractivity contribution in [3.63, 3.8) is 0 Å². The Hall–Kier alpha value is -1.68. The van der Waals surface area contributed by atoms with E-state index in [9.17, 15) is 19.2 Å². The zero-order valence-corrected chi connectivity index (χ0v) is 20.6. The van der Waals surface area contributed by atoms with E-state index in [0.29, 0.717) is 61.1 Å². The van der Waals surface area contributed by atoms with Crippen LogP contribution in [0.1, 0.15) is 37.1 Å². The Bertz CT molecular complexity index is 1010. The molecule has 0 aliphatic rings. The molecule has 0 radical (unpaired) electrons. The number of halogens is 2. The second kappa shape index (κ2) is 11.6. The van der Waals surface area contributed by atoms with E-state index in [1.54, 1.807) is 23.0 Å². The number of hydrogen-bond acceptors (Lipinski definition) is 4. The zero-order valence-electron chi connectivity index (χ0n) is 17.4. The third-order valence-electron chi connectivity index (χ3n) is 5.10. The minimum absolute atomic E-state index is 0.276. The molecule has 0 aliphatic carbocycles. The first-order valence-electron chi connectivity index (χ1n) is 10.1. The average molecular weight is 548 g/mol. The SMILES string of the molecule is Cc1cc(=O)n(CCCCCCn2c(=O)cc(C)n(CCBr)c2=O)c(=O)n1CCBr. The molecule has 8 nitrogen and oxygen atoms in total. The summed E-state index contributed by atoms with van der Waals surface area (Å²) in [4.78, 5) is 49.4. The Morgan fingerprint density at radius 3 is 1.30 bits per heavy atom. The van der Waals surface area contributed by atoms with Gasteiger partial charge in [0.25, 0.3) is 11.1 Å². The normalized spacial score (nSPS) is 11.2. The molecule has 2 aromatic heterocycles. The molecule has 0 fully saturated rings. The molecule has 10 heteroatoms. The molecule has 30 heavy (non-hydrogen) atoms. The predicted octanol–water partition coefficient (Wildman–Crippen LogP) is 2.00. The highest BCUT2D eigenvalue weighted by Gasteiger charge is 2.10. The Morgan fingerprint density at radius 2 is 0.967 bits per heavy atom. The number of hydrogen-bond donors (Lipinski definition) is 0. The molecule has 2 rings (SSSR count). The lowest BCUT2D eigenvalue weighted by Gasteiger charge is -2.13. The Kier molecular flexibility index (Phi) is 9.54. The highest BCUT2D eigenvalue weighted by atomic mass is 79.9. The van der Waals surface area contributed by atoms with Crippen molar-refractivity contribution in [1.29, 1.82) is 0 Å². The van der Waals surface area contributed by atoms with Crippen LogP contribution in [0, 0.1) is 13.8 Å². The van der Waals surface area contributed by atoms with Gasteiger partial charge in [0, 0.05) is 60.4 Å². The monoisotopic (exact) mass is 546 g/mol. The van der Waals surface area contributed by atoms with E-state index >= 15 is 0 Å². The van der Waals surface area contributed by atoms with Gasteiger partial charge in [-0.1, -0.05) is 44.7 Å². The first kappa shape index (κ1) is 24.6. The standard InChI is InChI=1S/C20H28Br2N4O4/c1-15-13-17(27)25(19(29)23(15)11-7-21)9-5-3-4-6-10-26-18(28)14-16(2)24(12-8-22)20(26)30/h13-14H,3-12H2,1-2H3. The van der Waals surface area contributed by atoms with Crippen molar-refractivity contribution in [2.45, 2.75) is 65.7 Å². The van der Waals surface area contributed by atoms with Crippen molar-refractivity contribution >= 4 is 31.9 Å². The van der Waals surface area contributed by atoms with Gasteiger partial charge in [0.2, 0.25) is 0 Å². The summed E-state index contributed by atoms with van der Waals surface area (Å²) in [5, 5.41) is 1.28. The van der Waals surface area contributed by atoms with Gasteiger partial charge < -0.3 is 0 Å². The fraction of sp³-hybridized carbons (Fsp3) is 0.600. The topological polar surface area (TPSA) is 88.0 Å². The first-order chi connectivity index (χ1) is 14.3. The number of aromatic nitrogens is 4. The summed E-state index contributed by atoms with van der Waals surface area (Å²) in [6, 6.07) is 2.98. The van der Waals surface area contributed by atoms with E-state index in [4.69, 9.17) is 0 Å². The summed E-state index contributed by atoms with van der Waals surface area (Å²) in [5.74, 6) is 0. The van der Waals surface area contributed by atoms with Gasteiger partial charge in [-0.15, -0.1) is 0 Å². The van der Waals surface area contributed by atoms with Crippen LogP contribution in [0.15, 0.2) is 31.3 Å². The van der Waals surface area contributed by atoms with Crippen molar-refractivity contribution in [3.8, 4) is 0 Å². The molecule has 0 spiro atoms. The number of aryl methyl sites for hydroxylation is 2. The van der Waals surface area contributed by atoms with E-state index in [-0.39, 0.29) is 22.5 Å². The Morgan fingerprint density at radius 1 is 0.600 bits per heavy atom. The summed E-state index contributed by atoms with van der Waals surface area (Å²) in [5.41, 5.74) is 0.212. The first-order valence-corrected chi connectivity index (χ1v) is 12.3. The van der Waals surface area contributed by atoms with E-state index < -0.39 is 0 Å². The molecule has 0 unspecified atom stereocenters. The maximum atomic E-state index is 12.5. The number of nitrogens with zero attached hydrogens (tertiary/aromatic N) is 4. The molecule has 166 valence electrons. The molecule has 0 aromatic carbocycles. The largest absolute Gasteiger partial charge is 0.331 e.